The molecular weight excluding hydrogens is 423 g/mol. The molecule has 1 aliphatic carbocycles. The zero-order valence-corrected chi connectivity index (χ0v) is 19.0. The second-order valence-corrected chi connectivity index (χ2v) is 8.90. The Morgan fingerprint density at radius 3 is 2.69 bits per heavy atom. The number of halogens is 1. The maximum absolute atomic E-state index is 14.5. The summed E-state index contributed by atoms with van der Waals surface area (Å²) in [5.41, 5.74) is 3.76. The lowest BCUT2D eigenvalue weighted by atomic mass is 9.97. The van der Waals surface area contributed by atoms with Gasteiger partial charge in [0.15, 0.2) is 11.0 Å². The van der Waals surface area contributed by atoms with E-state index in [1.807, 2.05) is 35.8 Å². The van der Waals surface area contributed by atoms with Crippen LogP contribution in [0.1, 0.15) is 37.7 Å². The molecule has 1 heterocycles. The molecule has 0 saturated heterocycles. The van der Waals surface area contributed by atoms with E-state index in [2.05, 4.69) is 21.6 Å². The van der Waals surface area contributed by atoms with Crippen LogP contribution in [0, 0.1) is 12.7 Å². The number of hydrogen-bond donors (Lipinski definition) is 1. The minimum atomic E-state index is -0.362. The summed E-state index contributed by atoms with van der Waals surface area (Å²) in [7, 11) is 0. The van der Waals surface area contributed by atoms with Gasteiger partial charge >= 0.3 is 0 Å². The van der Waals surface area contributed by atoms with E-state index in [1.54, 1.807) is 18.2 Å². The number of nitrogens with one attached hydrogen (secondary N) is 1. The van der Waals surface area contributed by atoms with Crippen molar-refractivity contribution in [2.45, 2.75) is 44.2 Å². The first-order valence-corrected chi connectivity index (χ1v) is 11.9. The number of carbonyl (C=O) groups is 1. The molecule has 0 spiro atoms. The van der Waals surface area contributed by atoms with E-state index in [1.165, 1.54) is 36.2 Å². The number of allylic oxidation sites excluding steroid dienone is 1. The minimum absolute atomic E-state index is 0.0442. The van der Waals surface area contributed by atoms with Crippen LogP contribution in [0.15, 0.2) is 65.3 Å². The van der Waals surface area contributed by atoms with Crippen molar-refractivity contribution in [3.63, 3.8) is 0 Å². The molecule has 0 unspecified atom stereocenters. The number of carbonyl (C=O) groups excluding carboxylic acids is 1. The Morgan fingerprint density at radius 2 is 1.94 bits per heavy atom. The van der Waals surface area contributed by atoms with Crippen LogP contribution in [0.4, 0.5) is 4.39 Å². The number of thioether (sulfide) groups is 1. The number of amides is 1. The predicted octanol–water partition coefficient (Wildman–Crippen LogP) is 5.48. The lowest BCUT2D eigenvalue weighted by molar-refractivity contribution is -0.118. The van der Waals surface area contributed by atoms with Crippen LogP contribution in [-0.4, -0.2) is 33.0 Å². The molecule has 1 aromatic heterocycles. The van der Waals surface area contributed by atoms with Crippen LogP contribution < -0.4 is 5.32 Å². The van der Waals surface area contributed by atoms with Gasteiger partial charge in [-0.2, -0.15) is 0 Å². The van der Waals surface area contributed by atoms with Crippen molar-refractivity contribution in [3.8, 4) is 17.1 Å². The summed E-state index contributed by atoms with van der Waals surface area (Å²) in [6, 6.07) is 14.4. The highest BCUT2D eigenvalue weighted by Crippen LogP contribution is 2.29. The van der Waals surface area contributed by atoms with E-state index in [0.29, 0.717) is 23.1 Å². The lowest BCUT2D eigenvalue weighted by Crippen LogP contribution is -2.26. The number of nitrogens with zero attached hydrogens (tertiary/aromatic N) is 3. The molecule has 2 aromatic carbocycles. The van der Waals surface area contributed by atoms with Gasteiger partial charge in [-0.15, -0.1) is 10.2 Å². The first-order chi connectivity index (χ1) is 15.6. The molecule has 0 saturated carbocycles. The van der Waals surface area contributed by atoms with Crippen molar-refractivity contribution in [3.05, 3.63) is 71.6 Å². The molecule has 1 N–H and O–H groups in total. The zero-order valence-electron chi connectivity index (χ0n) is 18.2. The van der Waals surface area contributed by atoms with Crippen molar-refractivity contribution < 1.29 is 9.18 Å². The molecule has 0 fully saturated rings. The van der Waals surface area contributed by atoms with Crippen LogP contribution in [0.2, 0.25) is 0 Å². The van der Waals surface area contributed by atoms with Crippen LogP contribution in [0.25, 0.3) is 17.1 Å². The Hall–Kier alpha value is -2.93. The average molecular weight is 451 g/mol. The molecule has 3 aromatic rings. The van der Waals surface area contributed by atoms with Gasteiger partial charge in [0.2, 0.25) is 5.91 Å². The van der Waals surface area contributed by atoms with E-state index in [-0.39, 0.29) is 17.5 Å². The maximum Gasteiger partial charge on any atom is 0.230 e. The van der Waals surface area contributed by atoms with E-state index in [4.69, 9.17) is 0 Å². The summed E-state index contributed by atoms with van der Waals surface area (Å²) in [6.07, 6.45) is 8.02. The molecule has 0 bridgehead atoms. The van der Waals surface area contributed by atoms with Crippen molar-refractivity contribution in [2.75, 3.05) is 12.3 Å². The number of aromatic nitrogens is 3. The second kappa shape index (κ2) is 10.6. The lowest BCUT2D eigenvalue weighted by Gasteiger charge is -2.13. The summed E-state index contributed by atoms with van der Waals surface area (Å²) >= 11 is 1.30. The maximum atomic E-state index is 14.5. The third kappa shape index (κ3) is 5.46. The topological polar surface area (TPSA) is 59.8 Å². The Morgan fingerprint density at radius 1 is 1.12 bits per heavy atom. The number of rotatable bonds is 8. The Bertz CT molecular complexity index is 1110. The van der Waals surface area contributed by atoms with Gasteiger partial charge in [-0.05, 0) is 63.3 Å². The monoisotopic (exact) mass is 450 g/mol. The van der Waals surface area contributed by atoms with Crippen molar-refractivity contribution in [2.24, 2.45) is 0 Å². The first kappa shape index (κ1) is 22.3. The van der Waals surface area contributed by atoms with Crippen LogP contribution in [0.3, 0.4) is 0 Å². The molecule has 5 nitrogen and oxygen atoms in total. The fourth-order valence-corrected chi connectivity index (χ4v) is 4.56. The average Bonchev–Trinajstić information content (AvgIpc) is 3.23. The van der Waals surface area contributed by atoms with Crippen molar-refractivity contribution in [1.29, 1.82) is 0 Å². The van der Waals surface area contributed by atoms with Crippen molar-refractivity contribution in [1.82, 2.24) is 20.1 Å². The fourth-order valence-electron chi connectivity index (χ4n) is 3.78. The van der Waals surface area contributed by atoms with Gasteiger partial charge in [0.25, 0.3) is 0 Å². The van der Waals surface area contributed by atoms with Gasteiger partial charge in [-0.25, -0.2) is 4.39 Å². The quantitative estimate of drug-likeness (QED) is 0.365. The Kier molecular flexibility index (Phi) is 7.37. The fraction of sp³-hybridized carbons (Fsp3) is 0.320. The molecule has 0 aliphatic heterocycles. The largest absolute Gasteiger partial charge is 0.355 e. The second-order valence-electron chi connectivity index (χ2n) is 7.95. The SMILES string of the molecule is Cc1ccc(-n2c(SCC(=O)NCCC3=CCCCC3)nnc2-c2ccccc2F)cc1. The van der Waals surface area contributed by atoms with Gasteiger partial charge < -0.3 is 5.32 Å². The summed E-state index contributed by atoms with van der Waals surface area (Å²) in [6.45, 7) is 2.66. The summed E-state index contributed by atoms with van der Waals surface area (Å²) in [5, 5.41) is 12.1. The van der Waals surface area contributed by atoms with Gasteiger partial charge in [-0.3, -0.25) is 9.36 Å². The molecule has 32 heavy (non-hydrogen) atoms. The molecular formula is C25H27FN4OS. The van der Waals surface area contributed by atoms with Gasteiger partial charge in [0, 0.05) is 12.2 Å². The van der Waals surface area contributed by atoms with E-state index in [9.17, 15) is 9.18 Å². The van der Waals surface area contributed by atoms with Crippen LogP contribution in [0.5, 0.6) is 0 Å². The van der Waals surface area contributed by atoms with E-state index in [0.717, 1.165) is 30.5 Å². The third-order valence-electron chi connectivity index (χ3n) is 5.53. The molecule has 166 valence electrons. The standard InChI is InChI=1S/C25H27FN4OS/c1-18-11-13-20(14-12-18)30-24(21-9-5-6-10-22(21)26)28-29-25(30)32-17-23(31)27-16-15-19-7-3-2-4-8-19/h5-7,9-14H,2-4,8,15-17H2,1H3,(H,27,31). The number of hydrogen-bond acceptors (Lipinski definition) is 4. The first-order valence-electron chi connectivity index (χ1n) is 11.0. The Balaban J connectivity index is 1.48. The minimum Gasteiger partial charge on any atom is -0.355 e. The normalized spacial score (nSPS) is 13.6. The number of benzene rings is 2. The van der Waals surface area contributed by atoms with Crippen LogP contribution >= 0.6 is 11.8 Å². The zero-order chi connectivity index (χ0) is 22.3. The summed E-state index contributed by atoms with van der Waals surface area (Å²) in [4.78, 5) is 12.4. The highest BCUT2D eigenvalue weighted by atomic mass is 32.2. The summed E-state index contributed by atoms with van der Waals surface area (Å²) in [5.74, 6) is 0.233. The van der Waals surface area contributed by atoms with Gasteiger partial charge in [0.1, 0.15) is 5.82 Å². The molecule has 1 amide bonds. The third-order valence-corrected chi connectivity index (χ3v) is 6.45. The van der Waals surface area contributed by atoms with Gasteiger partial charge in [0.05, 0.1) is 11.3 Å². The summed E-state index contributed by atoms with van der Waals surface area (Å²) < 4.78 is 16.3. The van der Waals surface area contributed by atoms with Crippen molar-refractivity contribution >= 4 is 17.7 Å². The number of aryl methyl sites for hydroxylation is 1. The Labute approximate surface area is 192 Å². The molecule has 4 rings (SSSR count). The predicted molar refractivity (Wildman–Crippen MR) is 126 cm³/mol. The van der Waals surface area contributed by atoms with Crippen LogP contribution in [-0.2, 0) is 4.79 Å². The highest BCUT2D eigenvalue weighted by molar-refractivity contribution is 7.99. The van der Waals surface area contributed by atoms with E-state index >= 15 is 0 Å². The molecule has 7 heteroatoms. The smallest absolute Gasteiger partial charge is 0.230 e. The molecule has 1 aliphatic rings. The highest BCUT2D eigenvalue weighted by Gasteiger charge is 2.19. The van der Waals surface area contributed by atoms with E-state index < -0.39 is 0 Å². The van der Waals surface area contributed by atoms with Gasteiger partial charge in [-0.1, -0.05) is 53.2 Å². The molecule has 0 atom stereocenters. The molecule has 0 radical (unpaired) electrons.